The second-order valence-corrected chi connectivity index (χ2v) is 3.73. The zero-order valence-corrected chi connectivity index (χ0v) is 10.6. The first-order valence-corrected chi connectivity index (χ1v) is 6.01. The second-order valence-electron chi connectivity index (χ2n) is 3.73. The molecule has 0 aliphatic carbocycles. The van der Waals surface area contributed by atoms with Gasteiger partial charge in [-0.25, -0.2) is 9.97 Å². The van der Waals surface area contributed by atoms with E-state index in [1.165, 1.54) is 12.4 Å². The predicted octanol–water partition coefficient (Wildman–Crippen LogP) is 1.25. The molecule has 2 aromatic rings. The molecule has 0 spiro atoms. The molecule has 0 unspecified atom stereocenters. The zero-order chi connectivity index (χ0) is 13.5. The van der Waals surface area contributed by atoms with E-state index >= 15 is 0 Å². The summed E-state index contributed by atoms with van der Waals surface area (Å²) in [6, 6.07) is 4.97. The SMILES string of the molecule is CCOCCOc1ccc(-c2cc(=O)[nH]cn2)cn1. The molecule has 2 heterocycles. The first kappa shape index (κ1) is 13.2. The smallest absolute Gasteiger partial charge is 0.251 e. The summed E-state index contributed by atoms with van der Waals surface area (Å²) in [7, 11) is 0. The molecule has 6 nitrogen and oxygen atoms in total. The summed E-state index contributed by atoms with van der Waals surface area (Å²) < 4.78 is 10.6. The molecule has 100 valence electrons. The Hall–Kier alpha value is -2.21. The van der Waals surface area contributed by atoms with Gasteiger partial charge in [0.15, 0.2) is 0 Å². The van der Waals surface area contributed by atoms with Gasteiger partial charge >= 0.3 is 0 Å². The third-order valence-corrected chi connectivity index (χ3v) is 2.39. The van der Waals surface area contributed by atoms with E-state index in [-0.39, 0.29) is 5.56 Å². The van der Waals surface area contributed by atoms with Crippen LogP contribution >= 0.6 is 0 Å². The second kappa shape index (κ2) is 6.65. The van der Waals surface area contributed by atoms with E-state index in [4.69, 9.17) is 9.47 Å². The molecule has 0 fully saturated rings. The lowest BCUT2D eigenvalue weighted by atomic mass is 10.2. The molecule has 0 amide bonds. The van der Waals surface area contributed by atoms with Crippen molar-refractivity contribution in [3.8, 4) is 17.1 Å². The van der Waals surface area contributed by atoms with Crippen LogP contribution in [-0.4, -0.2) is 34.8 Å². The summed E-state index contributed by atoms with van der Waals surface area (Å²) >= 11 is 0. The highest BCUT2D eigenvalue weighted by Gasteiger charge is 2.01. The van der Waals surface area contributed by atoms with Crippen molar-refractivity contribution in [3.05, 3.63) is 41.1 Å². The van der Waals surface area contributed by atoms with Crippen LogP contribution in [0.15, 0.2) is 35.5 Å². The summed E-state index contributed by atoms with van der Waals surface area (Å²) in [5, 5.41) is 0. The maximum absolute atomic E-state index is 11.2. The van der Waals surface area contributed by atoms with E-state index in [1.807, 2.05) is 13.0 Å². The quantitative estimate of drug-likeness (QED) is 0.792. The van der Waals surface area contributed by atoms with Crippen molar-refractivity contribution in [2.45, 2.75) is 6.92 Å². The Morgan fingerprint density at radius 1 is 1.26 bits per heavy atom. The van der Waals surface area contributed by atoms with Gasteiger partial charge in [-0.1, -0.05) is 0 Å². The van der Waals surface area contributed by atoms with Crippen LogP contribution < -0.4 is 10.3 Å². The normalized spacial score (nSPS) is 10.4. The van der Waals surface area contributed by atoms with Gasteiger partial charge in [0.25, 0.3) is 5.56 Å². The molecular weight excluding hydrogens is 246 g/mol. The van der Waals surface area contributed by atoms with E-state index in [9.17, 15) is 4.79 Å². The topological polar surface area (TPSA) is 77.1 Å². The van der Waals surface area contributed by atoms with Gasteiger partial charge in [0, 0.05) is 30.5 Å². The molecule has 0 radical (unpaired) electrons. The molecule has 0 atom stereocenters. The highest BCUT2D eigenvalue weighted by molar-refractivity contribution is 5.57. The first-order chi connectivity index (χ1) is 9.29. The minimum Gasteiger partial charge on any atom is -0.475 e. The van der Waals surface area contributed by atoms with Crippen LogP contribution in [0.25, 0.3) is 11.3 Å². The van der Waals surface area contributed by atoms with Gasteiger partial charge in [-0.3, -0.25) is 4.79 Å². The molecular formula is C13H15N3O3. The molecule has 0 bridgehead atoms. The summed E-state index contributed by atoms with van der Waals surface area (Å²) in [6.07, 6.45) is 2.99. The number of nitrogens with one attached hydrogen (secondary N) is 1. The Kier molecular flexibility index (Phi) is 4.63. The maximum Gasteiger partial charge on any atom is 0.251 e. The van der Waals surface area contributed by atoms with E-state index in [1.54, 1.807) is 12.3 Å². The molecule has 0 saturated heterocycles. The summed E-state index contributed by atoms with van der Waals surface area (Å²) in [4.78, 5) is 21.9. The highest BCUT2D eigenvalue weighted by Crippen LogP contribution is 2.16. The van der Waals surface area contributed by atoms with Crippen molar-refractivity contribution in [2.75, 3.05) is 19.8 Å². The number of ether oxygens (including phenoxy) is 2. The minimum atomic E-state index is -0.193. The van der Waals surface area contributed by atoms with Crippen molar-refractivity contribution >= 4 is 0 Å². The number of hydrogen-bond donors (Lipinski definition) is 1. The van der Waals surface area contributed by atoms with Gasteiger partial charge in [0.05, 0.1) is 18.6 Å². The Morgan fingerprint density at radius 3 is 2.84 bits per heavy atom. The molecule has 6 heteroatoms. The van der Waals surface area contributed by atoms with E-state index in [2.05, 4.69) is 15.0 Å². The fraction of sp³-hybridized carbons (Fsp3) is 0.308. The fourth-order valence-corrected chi connectivity index (χ4v) is 1.49. The fourth-order valence-electron chi connectivity index (χ4n) is 1.49. The average molecular weight is 261 g/mol. The third-order valence-electron chi connectivity index (χ3n) is 2.39. The molecule has 2 aromatic heterocycles. The van der Waals surface area contributed by atoms with Crippen LogP contribution in [-0.2, 0) is 4.74 Å². The third kappa shape index (κ3) is 3.89. The zero-order valence-electron chi connectivity index (χ0n) is 10.6. The van der Waals surface area contributed by atoms with Crippen LogP contribution in [0.5, 0.6) is 5.88 Å². The Labute approximate surface area is 110 Å². The molecule has 0 aliphatic heterocycles. The number of aromatic nitrogens is 3. The van der Waals surface area contributed by atoms with Crippen molar-refractivity contribution in [1.29, 1.82) is 0 Å². The molecule has 0 saturated carbocycles. The molecule has 0 aromatic carbocycles. The number of hydrogen-bond acceptors (Lipinski definition) is 5. The predicted molar refractivity (Wildman–Crippen MR) is 70.1 cm³/mol. The van der Waals surface area contributed by atoms with Crippen molar-refractivity contribution in [1.82, 2.24) is 15.0 Å². The lowest BCUT2D eigenvalue weighted by molar-refractivity contribution is 0.108. The van der Waals surface area contributed by atoms with E-state index in [0.717, 1.165) is 5.56 Å². The van der Waals surface area contributed by atoms with Gasteiger partial charge in [-0.15, -0.1) is 0 Å². The van der Waals surface area contributed by atoms with Crippen LogP contribution in [0.4, 0.5) is 0 Å². The highest BCUT2D eigenvalue weighted by atomic mass is 16.5. The lowest BCUT2D eigenvalue weighted by Gasteiger charge is -2.05. The van der Waals surface area contributed by atoms with Crippen LogP contribution in [0.3, 0.4) is 0 Å². The van der Waals surface area contributed by atoms with Gasteiger partial charge in [-0.05, 0) is 13.0 Å². The van der Waals surface area contributed by atoms with Crippen molar-refractivity contribution in [3.63, 3.8) is 0 Å². The molecule has 2 rings (SSSR count). The van der Waals surface area contributed by atoms with Gasteiger partial charge < -0.3 is 14.5 Å². The Morgan fingerprint density at radius 2 is 2.16 bits per heavy atom. The number of pyridine rings is 1. The summed E-state index contributed by atoms with van der Waals surface area (Å²) in [5.41, 5.74) is 1.16. The Balaban J connectivity index is 2.00. The van der Waals surface area contributed by atoms with E-state index in [0.29, 0.717) is 31.4 Å². The van der Waals surface area contributed by atoms with Gasteiger partial charge in [0.1, 0.15) is 6.61 Å². The monoisotopic (exact) mass is 261 g/mol. The van der Waals surface area contributed by atoms with Gasteiger partial charge in [-0.2, -0.15) is 0 Å². The van der Waals surface area contributed by atoms with Crippen LogP contribution in [0, 0.1) is 0 Å². The average Bonchev–Trinajstić information content (AvgIpc) is 2.44. The molecule has 19 heavy (non-hydrogen) atoms. The number of aromatic amines is 1. The van der Waals surface area contributed by atoms with E-state index < -0.39 is 0 Å². The Bertz CT molecular complexity index is 566. The lowest BCUT2D eigenvalue weighted by Crippen LogP contribution is -2.07. The molecule has 1 N–H and O–H groups in total. The first-order valence-electron chi connectivity index (χ1n) is 6.01. The maximum atomic E-state index is 11.2. The van der Waals surface area contributed by atoms with Crippen LogP contribution in [0.2, 0.25) is 0 Å². The van der Waals surface area contributed by atoms with Crippen molar-refractivity contribution in [2.24, 2.45) is 0 Å². The van der Waals surface area contributed by atoms with Gasteiger partial charge in [0.2, 0.25) is 5.88 Å². The number of nitrogens with zero attached hydrogens (tertiary/aromatic N) is 2. The summed E-state index contributed by atoms with van der Waals surface area (Å²) in [6.45, 7) is 3.60. The molecule has 0 aliphatic rings. The standard InChI is InChI=1S/C13H15N3O3/c1-2-18-5-6-19-13-4-3-10(8-14-13)11-7-12(17)16-9-15-11/h3-4,7-9H,2,5-6H2,1H3,(H,15,16,17). The van der Waals surface area contributed by atoms with Crippen molar-refractivity contribution < 1.29 is 9.47 Å². The number of rotatable bonds is 6. The largest absolute Gasteiger partial charge is 0.475 e. The minimum absolute atomic E-state index is 0.193. The van der Waals surface area contributed by atoms with Crippen LogP contribution in [0.1, 0.15) is 6.92 Å². The number of H-pyrrole nitrogens is 1. The summed E-state index contributed by atoms with van der Waals surface area (Å²) in [5.74, 6) is 0.522.